The van der Waals surface area contributed by atoms with E-state index in [1.807, 2.05) is 36.9 Å². The van der Waals surface area contributed by atoms with E-state index < -0.39 is 0 Å². The minimum absolute atomic E-state index is 0.0230. The Labute approximate surface area is 191 Å². The Kier molecular flexibility index (Phi) is 9.19. The van der Waals surface area contributed by atoms with Crippen molar-refractivity contribution >= 4 is 23.5 Å². The second-order valence-electron chi connectivity index (χ2n) is 8.20. The zero-order valence-electron chi connectivity index (χ0n) is 19.5. The number of anilines is 1. The molecule has 0 aliphatic carbocycles. The number of likely N-dealkylation sites (tertiary alicyclic amines) is 1. The Balaban J connectivity index is 1.44. The van der Waals surface area contributed by atoms with E-state index in [0.29, 0.717) is 19.6 Å². The van der Waals surface area contributed by atoms with Gasteiger partial charge in [0.25, 0.3) is 0 Å². The zero-order chi connectivity index (χ0) is 22.8. The molecule has 0 spiro atoms. The summed E-state index contributed by atoms with van der Waals surface area (Å²) in [5.74, 6) is 0.882. The molecule has 2 heterocycles. The van der Waals surface area contributed by atoms with Crippen molar-refractivity contribution in [3.8, 4) is 0 Å². The SMILES string of the molecule is CCNC(=NCCC(=O)N1CCN(c2ccccc2)CC1)N1CCC(C(=O)OCC)CC1. The van der Waals surface area contributed by atoms with Gasteiger partial charge in [0.15, 0.2) is 5.96 Å². The number of esters is 1. The van der Waals surface area contributed by atoms with E-state index in [9.17, 15) is 9.59 Å². The van der Waals surface area contributed by atoms with E-state index in [-0.39, 0.29) is 17.8 Å². The van der Waals surface area contributed by atoms with E-state index in [0.717, 1.165) is 64.6 Å². The Morgan fingerprint density at radius 3 is 2.31 bits per heavy atom. The van der Waals surface area contributed by atoms with Crippen molar-refractivity contribution in [3.05, 3.63) is 30.3 Å². The number of carbonyl (C=O) groups excluding carboxylic acids is 2. The lowest BCUT2D eigenvalue weighted by Gasteiger charge is -2.36. The fraction of sp³-hybridized carbons (Fsp3) is 0.625. The molecule has 0 aromatic heterocycles. The standard InChI is InChI=1S/C24H37N5O3/c1-3-25-24(29-14-11-20(12-15-29)23(31)32-4-2)26-13-10-22(30)28-18-16-27(17-19-28)21-8-6-5-7-9-21/h5-9,20H,3-4,10-19H2,1-2H3,(H,25,26). The highest BCUT2D eigenvalue weighted by Crippen LogP contribution is 2.19. The summed E-state index contributed by atoms with van der Waals surface area (Å²) in [6.45, 7) is 10.3. The highest BCUT2D eigenvalue weighted by Gasteiger charge is 2.27. The summed E-state index contributed by atoms with van der Waals surface area (Å²) in [5, 5.41) is 3.33. The second-order valence-corrected chi connectivity index (χ2v) is 8.20. The number of rotatable bonds is 7. The van der Waals surface area contributed by atoms with Crippen molar-refractivity contribution in [2.24, 2.45) is 10.9 Å². The number of benzene rings is 1. The Hall–Kier alpha value is -2.77. The molecule has 8 heteroatoms. The molecule has 2 saturated heterocycles. The molecule has 0 saturated carbocycles. The smallest absolute Gasteiger partial charge is 0.309 e. The number of piperidine rings is 1. The molecule has 0 bridgehead atoms. The molecule has 32 heavy (non-hydrogen) atoms. The Bertz CT molecular complexity index is 754. The van der Waals surface area contributed by atoms with Gasteiger partial charge in [-0.2, -0.15) is 0 Å². The Morgan fingerprint density at radius 1 is 1.00 bits per heavy atom. The number of para-hydroxylation sites is 1. The first-order valence-electron chi connectivity index (χ1n) is 11.9. The van der Waals surface area contributed by atoms with Crippen LogP contribution in [-0.4, -0.2) is 86.6 Å². The van der Waals surface area contributed by atoms with Crippen LogP contribution in [0, 0.1) is 5.92 Å². The van der Waals surface area contributed by atoms with Gasteiger partial charge < -0.3 is 24.8 Å². The van der Waals surface area contributed by atoms with Crippen LogP contribution in [0.15, 0.2) is 35.3 Å². The van der Waals surface area contributed by atoms with Crippen molar-refractivity contribution in [1.82, 2.24) is 15.1 Å². The van der Waals surface area contributed by atoms with Crippen molar-refractivity contribution < 1.29 is 14.3 Å². The first kappa shape index (κ1) is 23.9. The zero-order valence-corrected chi connectivity index (χ0v) is 19.5. The first-order chi connectivity index (χ1) is 15.6. The predicted octanol–water partition coefficient (Wildman–Crippen LogP) is 1.97. The van der Waals surface area contributed by atoms with E-state index in [1.54, 1.807) is 0 Å². The number of nitrogens with one attached hydrogen (secondary N) is 1. The minimum atomic E-state index is -0.0907. The summed E-state index contributed by atoms with van der Waals surface area (Å²) in [4.78, 5) is 35.8. The molecule has 0 radical (unpaired) electrons. The fourth-order valence-electron chi connectivity index (χ4n) is 4.28. The number of piperazine rings is 1. The fourth-order valence-corrected chi connectivity index (χ4v) is 4.28. The summed E-state index contributed by atoms with van der Waals surface area (Å²) >= 11 is 0. The van der Waals surface area contributed by atoms with Crippen LogP contribution in [0.4, 0.5) is 5.69 Å². The van der Waals surface area contributed by atoms with Gasteiger partial charge in [-0.1, -0.05) is 18.2 Å². The lowest BCUT2D eigenvalue weighted by molar-refractivity contribution is -0.149. The van der Waals surface area contributed by atoms with Crippen LogP contribution >= 0.6 is 0 Å². The quantitative estimate of drug-likeness (QED) is 0.394. The normalized spacial score (nSPS) is 17.9. The molecular formula is C24H37N5O3. The first-order valence-corrected chi connectivity index (χ1v) is 11.9. The lowest BCUT2D eigenvalue weighted by atomic mass is 9.97. The van der Waals surface area contributed by atoms with E-state index >= 15 is 0 Å². The average molecular weight is 444 g/mol. The maximum atomic E-state index is 12.7. The highest BCUT2D eigenvalue weighted by atomic mass is 16.5. The topological polar surface area (TPSA) is 77.5 Å². The average Bonchev–Trinajstić information content (AvgIpc) is 2.84. The number of nitrogens with zero attached hydrogens (tertiary/aromatic N) is 4. The molecule has 176 valence electrons. The van der Waals surface area contributed by atoms with Crippen LogP contribution in [0.25, 0.3) is 0 Å². The van der Waals surface area contributed by atoms with Crippen molar-refractivity contribution in [2.45, 2.75) is 33.1 Å². The van der Waals surface area contributed by atoms with Gasteiger partial charge >= 0.3 is 5.97 Å². The molecular weight excluding hydrogens is 406 g/mol. The summed E-state index contributed by atoms with van der Waals surface area (Å²) in [6, 6.07) is 10.3. The molecule has 1 aromatic carbocycles. The van der Waals surface area contributed by atoms with E-state index in [4.69, 9.17) is 9.73 Å². The largest absolute Gasteiger partial charge is 0.466 e. The third-order valence-electron chi connectivity index (χ3n) is 6.09. The molecule has 0 unspecified atom stereocenters. The molecule has 8 nitrogen and oxygen atoms in total. The van der Waals surface area contributed by atoms with Crippen molar-refractivity contribution in [1.29, 1.82) is 0 Å². The van der Waals surface area contributed by atoms with Gasteiger partial charge in [0.05, 0.1) is 19.1 Å². The molecule has 1 amide bonds. The van der Waals surface area contributed by atoms with Gasteiger partial charge in [-0.05, 0) is 38.8 Å². The van der Waals surface area contributed by atoms with Crippen LogP contribution < -0.4 is 10.2 Å². The van der Waals surface area contributed by atoms with Crippen molar-refractivity contribution in [3.63, 3.8) is 0 Å². The number of aliphatic imine (C=N–C) groups is 1. The van der Waals surface area contributed by atoms with Crippen LogP contribution in [0.1, 0.15) is 33.1 Å². The monoisotopic (exact) mass is 443 g/mol. The third kappa shape index (κ3) is 6.61. The summed E-state index contributed by atoms with van der Waals surface area (Å²) in [5.41, 5.74) is 1.21. The van der Waals surface area contributed by atoms with Crippen LogP contribution in [0.3, 0.4) is 0 Å². The summed E-state index contributed by atoms with van der Waals surface area (Å²) in [6.07, 6.45) is 1.96. The van der Waals surface area contributed by atoms with Gasteiger partial charge in [-0.15, -0.1) is 0 Å². The molecule has 1 aromatic rings. The third-order valence-corrected chi connectivity index (χ3v) is 6.09. The summed E-state index contributed by atoms with van der Waals surface area (Å²) < 4.78 is 5.16. The molecule has 0 atom stereocenters. The van der Waals surface area contributed by atoms with Gasteiger partial charge in [-0.3, -0.25) is 14.6 Å². The summed E-state index contributed by atoms with van der Waals surface area (Å²) in [7, 11) is 0. The van der Waals surface area contributed by atoms with Crippen LogP contribution in [-0.2, 0) is 14.3 Å². The molecule has 2 aliphatic rings. The van der Waals surface area contributed by atoms with Gasteiger partial charge in [0.1, 0.15) is 0 Å². The van der Waals surface area contributed by atoms with Crippen LogP contribution in [0.2, 0.25) is 0 Å². The molecule has 3 rings (SSSR count). The maximum Gasteiger partial charge on any atom is 0.309 e. The number of carbonyl (C=O) groups is 2. The number of hydrogen-bond donors (Lipinski definition) is 1. The lowest BCUT2D eigenvalue weighted by Crippen LogP contribution is -2.49. The number of amides is 1. The molecule has 2 aliphatic heterocycles. The Morgan fingerprint density at radius 2 is 1.69 bits per heavy atom. The number of ether oxygens (including phenoxy) is 1. The predicted molar refractivity (Wildman–Crippen MR) is 127 cm³/mol. The van der Waals surface area contributed by atoms with Gasteiger partial charge in [0.2, 0.25) is 5.91 Å². The highest BCUT2D eigenvalue weighted by molar-refractivity contribution is 5.81. The van der Waals surface area contributed by atoms with Gasteiger partial charge in [0, 0.05) is 57.9 Å². The van der Waals surface area contributed by atoms with Gasteiger partial charge in [-0.25, -0.2) is 0 Å². The minimum Gasteiger partial charge on any atom is -0.466 e. The van der Waals surface area contributed by atoms with E-state index in [1.165, 1.54) is 5.69 Å². The molecule has 1 N–H and O–H groups in total. The maximum absolute atomic E-state index is 12.7. The second kappa shape index (κ2) is 12.3. The molecule has 2 fully saturated rings. The number of hydrogen-bond acceptors (Lipinski definition) is 5. The van der Waals surface area contributed by atoms with Crippen molar-refractivity contribution in [2.75, 3.05) is 63.9 Å². The number of guanidine groups is 1. The van der Waals surface area contributed by atoms with Crippen LogP contribution in [0.5, 0.6) is 0 Å². The van der Waals surface area contributed by atoms with E-state index in [2.05, 4.69) is 27.2 Å².